The molecule has 0 spiro atoms. The van der Waals surface area contributed by atoms with Crippen LogP contribution in [0.15, 0.2) is 47.4 Å². The maximum absolute atomic E-state index is 13.1. The van der Waals surface area contributed by atoms with Gasteiger partial charge in [-0.25, -0.2) is 17.2 Å². The van der Waals surface area contributed by atoms with Crippen LogP contribution < -0.4 is 5.32 Å². The van der Waals surface area contributed by atoms with Crippen LogP contribution in [0.4, 0.5) is 14.5 Å². The summed E-state index contributed by atoms with van der Waals surface area (Å²) < 4.78 is 57.3. The molecule has 7 nitrogen and oxygen atoms in total. The highest BCUT2D eigenvalue weighted by molar-refractivity contribution is 7.89. The average Bonchev–Trinajstić information content (AvgIpc) is 2.71. The largest absolute Gasteiger partial charge is 0.456 e. The van der Waals surface area contributed by atoms with Crippen molar-refractivity contribution in [3.8, 4) is 0 Å². The van der Waals surface area contributed by atoms with Crippen molar-refractivity contribution >= 4 is 27.6 Å². The number of carbonyl (C=O) groups is 2. The summed E-state index contributed by atoms with van der Waals surface area (Å²) >= 11 is 0. The summed E-state index contributed by atoms with van der Waals surface area (Å²) in [5, 5.41) is 2.23. The molecule has 0 aliphatic carbocycles. The predicted octanol–water partition coefficient (Wildman–Crippen LogP) is 3.11. The van der Waals surface area contributed by atoms with Crippen LogP contribution in [0.25, 0.3) is 0 Å². The number of nitrogens with zero attached hydrogens (tertiary/aromatic N) is 1. The summed E-state index contributed by atoms with van der Waals surface area (Å²) in [6, 6.07) is 8.75. The van der Waals surface area contributed by atoms with E-state index in [1.54, 1.807) is 26.0 Å². The number of amides is 1. The third-order valence-electron chi connectivity index (χ3n) is 4.39. The van der Waals surface area contributed by atoms with Crippen molar-refractivity contribution < 1.29 is 31.5 Å². The van der Waals surface area contributed by atoms with Crippen LogP contribution in [-0.4, -0.2) is 44.3 Å². The van der Waals surface area contributed by atoms with Crippen molar-refractivity contribution in [3.05, 3.63) is 59.7 Å². The summed E-state index contributed by atoms with van der Waals surface area (Å²) in [6.07, 6.45) is 0.269. The summed E-state index contributed by atoms with van der Waals surface area (Å²) in [4.78, 5) is 23.8. The van der Waals surface area contributed by atoms with Crippen molar-refractivity contribution in [2.24, 2.45) is 0 Å². The fourth-order valence-electron chi connectivity index (χ4n) is 2.83. The molecule has 0 atom stereocenters. The van der Waals surface area contributed by atoms with Gasteiger partial charge in [-0.1, -0.05) is 26.0 Å². The lowest BCUT2D eigenvalue weighted by Crippen LogP contribution is -2.30. The van der Waals surface area contributed by atoms with Crippen LogP contribution in [0.2, 0.25) is 0 Å². The van der Waals surface area contributed by atoms with Gasteiger partial charge in [-0.2, -0.15) is 4.31 Å². The fraction of sp³-hybridized carbons (Fsp3) is 0.333. The monoisotopic (exact) mass is 454 g/mol. The first-order chi connectivity index (χ1) is 14.6. The molecule has 31 heavy (non-hydrogen) atoms. The molecular formula is C21H24F2N2O5S. The summed E-state index contributed by atoms with van der Waals surface area (Å²) in [5.74, 6) is -3.06. The van der Waals surface area contributed by atoms with Gasteiger partial charge in [0, 0.05) is 31.3 Å². The molecule has 2 rings (SSSR count). The molecule has 10 heteroatoms. The van der Waals surface area contributed by atoms with Crippen LogP contribution in [0, 0.1) is 11.6 Å². The molecule has 1 amide bonds. The van der Waals surface area contributed by atoms with E-state index in [0.717, 1.165) is 17.7 Å². The van der Waals surface area contributed by atoms with Crippen molar-refractivity contribution in [1.29, 1.82) is 0 Å². The van der Waals surface area contributed by atoms with Crippen LogP contribution in [0.3, 0.4) is 0 Å². The second-order valence-corrected chi connectivity index (χ2v) is 8.54. The van der Waals surface area contributed by atoms with Crippen molar-refractivity contribution in [2.45, 2.75) is 31.6 Å². The average molecular weight is 454 g/mol. The van der Waals surface area contributed by atoms with E-state index in [-0.39, 0.29) is 17.0 Å². The number of rotatable bonds is 10. The van der Waals surface area contributed by atoms with Crippen molar-refractivity contribution in [2.75, 3.05) is 25.0 Å². The first-order valence-electron chi connectivity index (χ1n) is 9.66. The Morgan fingerprint density at radius 1 is 1.00 bits per heavy atom. The third kappa shape index (κ3) is 7.11. The highest BCUT2D eigenvalue weighted by atomic mass is 32.2. The number of esters is 1. The Morgan fingerprint density at radius 3 is 2.13 bits per heavy atom. The Hall–Kier alpha value is -2.85. The zero-order chi connectivity index (χ0) is 23.0. The lowest BCUT2D eigenvalue weighted by Gasteiger charge is -2.18. The van der Waals surface area contributed by atoms with E-state index in [1.165, 1.54) is 16.4 Å². The van der Waals surface area contributed by atoms with E-state index in [9.17, 15) is 26.8 Å². The molecule has 0 bridgehead atoms. The molecule has 0 aliphatic rings. The molecule has 0 aliphatic heterocycles. The van der Waals surface area contributed by atoms with E-state index >= 15 is 0 Å². The molecule has 0 saturated heterocycles. The van der Waals surface area contributed by atoms with Crippen LogP contribution >= 0.6 is 0 Å². The van der Waals surface area contributed by atoms with Gasteiger partial charge in [-0.3, -0.25) is 9.59 Å². The van der Waals surface area contributed by atoms with E-state index < -0.39 is 40.1 Å². The first kappa shape index (κ1) is 24.4. The number of halogens is 2. The van der Waals surface area contributed by atoms with Crippen LogP contribution in [0.5, 0.6) is 0 Å². The number of anilines is 1. The van der Waals surface area contributed by atoms with Crippen molar-refractivity contribution in [3.63, 3.8) is 0 Å². The zero-order valence-electron chi connectivity index (χ0n) is 17.2. The Balaban J connectivity index is 1.82. The Kier molecular flexibility index (Phi) is 8.64. The minimum absolute atomic E-state index is 0.0238. The zero-order valence-corrected chi connectivity index (χ0v) is 18.0. The van der Waals surface area contributed by atoms with Crippen LogP contribution in [-0.2, 0) is 30.8 Å². The standard InChI is InChI=1S/C21H24F2N2O5S/c1-3-25(4-2)31(28,29)19-8-5-15(6-9-19)7-10-21(27)30-14-20(26)24-18-12-16(22)11-17(23)13-18/h5-6,8-9,11-13H,3-4,7,10,14H2,1-2H3,(H,24,26). The van der Waals surface area contributed by atoms with Gasteiger partial charge in [0.1, 0.15) is 11.6 Å². The van der Waals surface area contributed by atoms with Gasteiger partial charge in [0.2, 0.25) is 10.0 Å². The van der Waals surface area contributed by atoms with Gasteiger partial charge in [-0.15, -0.1) is 0 Å². The molecule has 0 aromatic heterocycles. The minimum atomic E-state index is -3.55. The molecular weight excluding hydrogens is 430 g/mol. The lowest BCUT2D eigenvalue weighted by atomic mass is 10.1. The second-order valence-electron chi connectivity index (χ2n) is 6.60. The summed E-state index contributed by atoms with van der Waals surface area (Å²) in [6.45, 7) is 3.66. The molecule has 2 aromatic rings. The maximum atomic E-state index is 13.1. The van der Waals surface area contributed by atoms with Gasteiger partial charge < -0.3 is 10.1 Å². The molecule has 1 N–H and O–H groups in total. The highest BCUT2D eigenvalue weighted by Crippen LogP contribution is 2.17. The highest BCUT2D eigenvalue weighted by Gasteiger charge is 2.21. The molecule has 0 fully saturated rings. The van der Waals surface area contributed by atoms with Gasteiger partial charge in [-0.05, 0) is 36.2 Å². The number of aryl methyl sites for hydroxylation is 1. The number of sulfonamides is 1. The van der Waals surface area contributed by atoms with Crippen molar-refractivity contribution in [1.82, 2.24) is 4.31 Å². The molecule has 0 saturated carbocycles. The molecule has 0 heterocycles. The Labute approximate surface area is 180 Å². The molecule has 0 unspecified atom stereocenters. The smallest absolute Gasteiger partial charge is 0.306 e. The summed E-state index contributed by atoms with van der Waals surface area (Å²) in [7, 11) is -3.55. The van der Waals surface area contributed by atoms with Crippen LogP contribution in [0.1, 0.15) is 25.8 Å². The number of benzene rings is 2. The Bertz CT molecular complexity index is 1000. The fourth-order valence-corrected chi connectivity index (χ4v) is 4.29. The molecule has 0 radical (unpaired) electrons. The van der Waals surface area contributed by atoms with Gasteiger partial charge in [0.05, 0.1) is 4.90 Å². The van der Waals surface area contributed by atoms with E-state index in [1.807, 2.05) is 0 Å². The third-order valence-corrected chi connectivity index (χ3v) is 6.46. The van der Waals surface area contributed by atoms with E-state index in [2.05, 4.69) is 5.32 Å². The number of ether oxygens (including phenoxy) is 1. The van der Waals surface area contributed by atoms with E-state index in [0.29, 0.717) is 25.6 Å². The number of carbonyl (C=O) groups excluding carboxylic acids is 2. The van der Waals surface area contributed by atoms with Gasteiger partial charge in [0.25, 0.3) is 5.91 Å². The SMILES string of the molecule is CCN(CC)S(=O)(=O)c1ccc(CCC(=O)OCC(=O)Nc2cc(F)cc(F)c2)cc1. The lowest BCUT2D eigenvalue weighted by molar-refractivity contribution is -0.147. The molecule has 2 aromatic carbocycles. The van der Waals surface area contributed by atoms with E-state index in [4.69, 9.17) is 4.74 Å². The van der Waals surface area contributed by atoms with Gasteiger partial charge >= 0.3 is 5.97 Å². The predicted molar refractivity (Wildman–Crippen MR) is 111 cm³/mol. The normalized spacial score (nSPS) is 11.4. The molecule has 168 valence electrons. The quantitative estimate of drug-likeness (QED) is 0.557. The number of hydrogen-bond acceptors (Lipinski definition) is 5. The Morgan fingerprint density at radius 2 is 1.58 bits per heavy atom. The first-order valence-corrected chi connectivity index (χ1v) is 11.1. The topological polar surface area (TPSA) is 92.8 Å². The number of nitrogens with one attached hydrogen (secondary N) is 1. The minimum Gasteiger partial charge on any atom is -0.456 e. The number of hydrogen-bond donors (Lipinski definition) is 1. The summed E-state index contributed by atoms with van der Waals surface area (Å²) in [5.41, 5.74) is 0.647. The maximum Gasteiger partial charge on any atom is 0.306 e. The van der Waals surface area contributed by atoms with Gasteiger partial charge in [0.15, 0.2) is 6.61 Å². The second kappa shape index (κ2) is 11.0.